The minimum absolute atomic E-state index is 0.164. The average molecular weight is 273 g/mol. The lowest BCUT2D eigenvalue weighted by molar-refractivity contribution is 0.411. The molecule has 2 N–H and O–H groups in total. The predicted molar refractivity (Wildman–Crippen MR) is 79.6 cm³/mol. The first-order valence-electron chi connectivity index (χ1n) is 6.60. The number of hydrogen-bond donors (Lipinski definition) is 1. The fourth-order valence-electron chi connectivity index (χ4n) is 2.38. The maximum atomic E-state index is 13.7. The quantitative estimate of drug-likeness (QED) is 0.923. The second-order valence-corrected chi connectivity index (χ2v) is 5.18. The molecule has 106 valence electrons. The Bertz CT molecular complexity index is 614. The summed E-state index contributed by atoms with van der Waals surface area (Å²) in [5, 5.41) is 0. The van der Waals surface area contributed by atoms with Crippen LogP contribution in [0.3, 0.4) is 0 Å². The van der Waals surface area contributed by atoms with Gasteiger partial charge in [-0.2, -0.15) is 0 Å². The summed E-state index contributed by atoms with van der Waals surface area (Å²) in [6.45, 7) is 5.50. The molecule has 2 aromatic carbocycles. The van der Waals surface area contributed by atoms with Crippen molar-refractivity contribution in [2.24, 2.45) is 5.73 Å². The van der Waals surface area contributed by atoms with Crippen LogP contribution in [0.25, 0.3) is 0 Å². The maximum absolute atomic E-state index is 13.7. The highest BCUT2D eigenvalue weighted by Crippen LogP contribution is 2.27. The molecule has 0 radical (unpaired) electrons. The van der Waals surface area contributed by atoms with Gasteiger partial charge in [0.2, 0.25) is 0 Å². The van der Waals surface area contributed by atoms with Crippen molar-refractivity contribution in [1.82, 2.24) is 0 Å². The van der Waals surface area contributed by atoms with E-state index in [9.17, 15) is 4.39 Å². The molecule has 0 amide bonds. The SMILES string of the molecule is COc1cc(C(N)c2cc(C)c(F)c(C)c2)ccc1C. The predicted octanol–water partition coefficient (Wildman–Crippen LogP) is 3.81. The van der Waals surface area contributed by atoms with Crippen LogP contribution in [-0.4, -0.2) is 7.11 Å². The van der Waals surface area contributed by atoms with E-state index in [1.807, 2.05) is 25.1 Å². The highest BCUT2D eigenvalue weighted by atomic mass is 19.1. The summed E-state index contributed by atoms with van der Waals surface area (Å²) in [6, 6.07) is 9.23. The zero-order valence-electron chi connectivity index (χ0n) is 12.3. The van der Waals surface area contributed by atoms with Crippen molar-refractivity contribution >= 4 is 0 Å². The zero-order chi connectivity index (χ0) is 14.9. The minimum atomic E-state index is -0.289. The minimum Gasteiger partial charge on any atom is -0.496 e. The molecule has 2 rings (SSSR count). The van der Waals surface area contributed by atoms with Gasteiger partial charge in [-0.3, -0.25) is 0 Å². The summed E-state index contributed by atoms with van der Waals surface area (Å²) in [7, 11) is 1.64. The lowest BCUT2D eigenvalue weighted by Crippen LogP contribution is -2.13. The zero-order valence-corrected chi connectivity index (χ0v) is 12.3. The molecular formula is C17H20FNO. The van der Waals surface area contributed by atoms with E-state index < -0.39 is 0 Å². The van der Waals surface area contributed by atoms with Crippen LogP contribution in [0.5, 0.6) is 5.75 Å². The molecule has 0 aliphatic carbocycles. The van der Waals surface area contributed by atoms with Crippen molar-refractivity contribution in [3.63, 3.8) is 0 Å². The topological polar surface area (TPSA) is 35.2 Å². The molecule has 20 heavy (non-hydrogen) atoms. The Balaban J connectivity index is 2.43. The molecule has 2 aromatic rings. The molecule has 0 spiro atoms. The van der Waals surface area contributed by atoms with Gasteiger partial charge in [0.15, 0.2) is 0 Å². The van der Waals surface area contributed by atoms with E-state index in [2.05, 4.69) is 0 Å². The van der Waals surface area contributed by atoms with Crippen LogP contribution < -0.4 is 10.5 Å². The summed E-state index contributed by atoms with van der Waals surface area (Å²) < 4.78 is 19.0. The Morgan fingerprint density at radius 1 is 0.950 bits per heavy atom. The van der Waals surface area contributed by atoms with Gasteiger partial charge in [0.25, 0.3) is 0 Å². The van der Waals surface area contributed by atoms with E-state index in [1.54, 1.807) is 33.1 Å². The van der Waals surface area contributed by atoms with E-state index in [0.717, 1.165) is 22.4 Å². The molecular weight excluding hydrogens is 253 g/mol. The molecule has 0 saturated carbocycles. The van der Waals surface area contributed by atoms with E-state index in [-0.39, 0.29) is 11.9 Å². The van der Waals surface area contributed by atoms with Crippen LogP contribution in [-0.2, 0) is 0 Å². The standard InChI is InChI=1S/C17H20FNO/c1-10-5-6-13(9-15(10)20-4)17(19)14-7-11(2)16(18)12(3)8-14/h5-9,17H,19H2,1-4H3. The number of nitrogens with two attached hydrogens (primary N) is 1. The Morgan fingerprint density at radius 3 is 2.10 bits per heavy atom. The lowest BCUT2D eigenvalue weighted by atomic mass is 9.95. The Labute approximate surface area is 119 Å². The third-order valence-corrected chi connectivity index (χ3v) is 3.61. The number of hydrogen-bond acceptors (Lipinski definition) is 2. The fraction of sp³-hybridized carbons (Fsp3) is 0.294. The number of rotatable bonds is 3. The van der Waals surface area contributed by atoms with Gasteiger partial charge >= 0.3 is 0 Å². The molecule has 1 unspecified atom stereocenters. The van der Waals surface area contributed by atoms with E-state index in [0.29, 0.717) is 11.1 Å². The van der Waals surface area contributed by atoms with Crippen LogP contribution >= 0.6 is 0 Å². The van der Waals surface area contributed by atoms with Gasteiger partial charge in [-0.1, -0.05) is 24.3 Å². The van der Waals surface area contributed by atoms with Gasteiger partial charge in [-0.25, -0.2) is 4.39 Å². The highest BCUT2D eigenvalue weighted by Gasteiger charge is 2.13. The molecule has 0 heterocycles. The number of aryl methyl sites for hydroxylation is 3. The molecule has 0 aromatic heterocycles. The van der Waals surface area contributed by atoms with Crippen LogP contribution in [0.2, 0.25) is 0 Å². The average Bonchev–Trinajstić information content (AvgIpc) is 2.44. The molecule has 1 atom stereocenters. The maximum Gasteiger partial charge on any atom is 0.129 e. The summed E-state index contributed by atoms with van der Waals surface area (Å²) in [4.78, 5) is 0. The van der Waals surface area contributed by atoms with Crippen molar-refractivity contribution in [2.45, 2.75) is 26.8 Å². The number of ether oxygens (including phenoxy) is 1. The molecule has 0 aliphatic heterocycles. The third-order valence-electron chi connectivity index (χ3n) is 3.61. The molecule has 0 bridgehead atoms. The summed E-state index contributed by atoms with van der Waals surface area (Å²) >= 11 is 0. The van der Waals surface area contributed by atoms with Crippen molar-refractivity contribution in [1.29, 1.82) is 0 Å². The van der Waals surface area contributed by atoms with Gasteiger partial charge in [-0.05, 0) is 54.7 Å². The van der Waals surface area contributed by atoms with Gasteiger partial charge in [0.1, 0.15) is 11.6 Å². The number of benzene rings is 2. The third kappa shape index (κ3) is 2.68. The van der Waals surface area contributed by atoms with Crippen molar-refractivity contribution < 1.29 is 9.13 Å². The first-order chi connectivity index (χ1) is 9.43. The van der Waals surface area contributed by atoms with Crippen LogP contribution in [0, 0.1) is 26.6 Å². The first-order valence-corrected chi connectivity index (χ1v) is 6.60. The van der Waals surface area contributed by atoms with Crippen molar-refractivity contribution in [3.8, 4) is 5.75 Å². The normalized spacial score (nSPS) is 12.3. The lowest BCUT2D eigenvalue weighted by Gasteiger charge is -2.16. The molecule has 2 nitrogen and oxygen atoms in total. The van der Waals surface area contributed by atoms with E-state index in [4.69, 9.17) is 10.5 Å². The summed E-state index contributed by atoms with van der Waals surface area (Å²) in [6.07, 6.45) is 0. The summed E-state index contributed by atoms with van der Waals surface area (Å²) in [5.74, 6) is 0.649. The van der Waals surface area contributed by atoms with Crippen LogP contribution in [0.15, 0.2) is 30.3 Å². The van der Waals surface area contributed by atoms with E-state index in [1.165, 1.54) is 0 Å². The van der Waals surface area contributed by atoms with Gasteiger partial charge in [-0.15, -0.1) is 0 Å². The summed E-state index contributed by atoms with van der Waals surface area (Å²) in [5.41, 5.74) is 10.5. The first kappa shape index (κ1) is 14.5. The highest BCUT2D eigenvalue weighted by molar-refractivity contribution is 5.42. The van der Waals surface area contributed by atoms with Crippen molar-refractivity contribution in [2.75, 3.05) is 7.11 Å². The molecule has 0 fully saturated rings. The second-order valence-electron chi connectivity index (χ2n) is 5.18. The Hall–Kier alpha value is -1.87. The van der Waals surface area contributed by atoms with Crippen LogP contribution in [0.1, 0.15) is 33.9 Å². The monoisotopic (exact) mass is 273 g/mol. The number of methoxy groups -OCH3 is 1. The van der Waals surface area contributed by atoms with Gasteiger partial charge in [0, 0.05) is 0 Å². The van der Waals surface area contributed by atoms with Gasteiger partial charge < -0.3 is 10.5 Å². The Morgan fingerprint density at radius 2 is 1.55 bits per heavy atom. The van der Waals surface area contributed by atoms with Gasteiger partial charge in [0.05, 0.1) is 13.2 Å². The Kier molecular flexibility index (Phi) is 4.09. The number of halogens is 1. The largest absolute Gasteiger partial charge is 0.496 e. The fourth-order valence-corrected chi connectivity index (χ4v) is 2.38. The molecule has 0 aliphatic rings. The second kappa shape index (κ2) is 5.63. The molecule has 3 heteroatoms. The van der Waals surface area contributed by atoms with Crippen LogP contribution in [0.4, 0.5) is 4.39 Å². The smallest absolute Gasteiger partial charge is 0.129 e. The van der Waals surface area contributed by atoms with Crippen molar-refractivity contribution in [3.05, 3.63) is 64.0 Å². The van der Waals surface area contributed by atoms with E-state index >= 15 is 0 Å². The molecule has 0 saturated heterocycles.